The van der Waals surface area contributed by atoms with E-state index < -0.39 is 6.10 Å². The molecule has 2 aromatic rings. The van der Waals surface area contributed by atoms with Crippen molar-refractivity contribution in [3.05, 3.63) is 64.7 Å². The number of aliphatic hydroxyl groups is 1. The number of aliphatic hydroxyl groups excluding tert-OH is 1. The molecule has 4 nitrogen and oxygen atoms in total. The minimum Gasteiger partial charge on any atom is -0.484 e. The van der Waals surface area contributed by atoms with Crippen molar-refractivity contribution >= 4 is 17.5 Å². The summed E-state index contributed by atoms with van der Waals surface area (Å²) in [6.45, 7) is 1.90. The number of ether oxygens (including phenoxy) is 1. The number of nitrogens with one attached hydrogen (secondary N) is 1. The summed E-state index contributed by atoms with van der Waals surface area (Å²) in [6, 6.07) is 14.4. The quantitative estimate of drug-likeness (QED) is 0.860. The molecule has 0 aliphatic heterocycles. The maximum atomic E-state index is 11.7. The van der Waals surface area contributed by atoms with E-state index in [1.807, 2.05) is 37.3 Å². The molecular formula is C17H18ClNO3. The van der Waals surface area contributed by atoms with Gasteiger partial charge in [0.15, 0.2) is 6.61 Å². The van der Waals surface area contributed by atoms with Crippen LogP contribution in [0.3, 0.4) is 0 Å². The van der Waals surface area contributed by atoms with E-state index in [9.17, 15) is 9.90 Å². The number of carbonyl (C=O) groups is 1. The van der Waals surface area contributed by atoms with E-state index in [2.05, 4.69) is 5.32 Å². The topological polar surface area (TPSA) is 58.6 Å². The zero-order chi connectivity index (χ0) is 15.9. The van der Waals surface area contributed by atoms with Gasteiger partial charge in [-0.1, -0.05) is 41.9 Å². The molecule has 0 fully saturated rings. The zero-order valence-electron chi connectivity index (χ0n) is 12.3. The number of hydrogen-bond donors (Lipinski definition) is 2. The first-order chi connectivity index (χ1) is 10.6. The molecule has 2 rings (SSSR count). The van der Waals surface area contributed by atoms with E-state index in [0.29, 0.717) is 10.8 Å². The Kier molecular flexibility index (Phi) is 5.81. The van der Waals surface area contributed by atoms with E-state index in [4.69, 9.17) is 16.3 Å². The maximum Gasteiger partial charge on any atom is 0.258 e. The third-order valence-corrected chi connectivity index (χ3v) is 3.60. The van der Waals surface area contributed by atoms with Crippen LogP contribution >= 0.6 is 11.6 Å². The molecule has 1 unspecified atom stereocenters. The highest BCUT2D eigenvalue weighted by Gasteiger charge is 2.09. The van der Waals surface area contributed by atoms with Gasteiger partial charge in [-0.25, -0.2) is 0 Å². The molecular weight excluding hydrogens is 302 g/mol. The first-order valence-electron chi connectivity index (χ1n) is 6.95. The van der Waals surface area contributed by atoms with Crippen LogP contribution in [0.5, 0.6) is 5.75 Å². The van der Waals surface area contributed by atoms with Crippen molar-refractivity contribution < 1.29 is 14.6 Å². The second-order valence-electron chi connectivity index (χ2n) is 4.93. The molecule has 0 saturated heterocycles. The SMILES string of the molecule is Cc1cc(OCC(=O)NCC(O)c2ccccc2)ccc1Cl. The fourth-order valence-corrected chi connectivity index (χ4v) is 2.03. The van der Waals surface area contributed by atoms with Crippen LogP contribution in [0.2, 0.25) is 5.02 Å². The fraction of sp³-hybridized carbons (Fsp3) is 0.235. The van der Waals surface area contributed by atoms with Gasteiger partial charge in [0, 0.05) is 11.6 Å². The number of aryl methyl sites for hydroxylation is 1. The lowest BCUT2D eigenvalue weighted by Gasteiger charge is -2.13. The van der Waals surface area contributed by atoms with Crippen LogP contribution in [-0.4, -0.2) is 24.2 Å². The van der Waals surface area contributed by atoms with Crippen LogP contribution < -0.4 is 10.1 Å². The van der Waals surface area contributed by atoms with E-state index in [1.165, 1.54) is 0 Å². The van der Waals surface area contributed by atoms with Gasteiger partial charge >= 0.3 is 0 Å². The molecule has 0 heterocycles. The molecule has 0 aromatic heterocycles. The number of amides is 1. The summed E-state index contributed by atoms with van der Waals surface area (Å²) in [6.07, 6.45) is -0.733. The van der Waals surface area contributed by atoms with Crippen LogP contribution in [0.25, 0.3) is 0 Å². The van der Waals surface area contributed by atoms with Crippen molar-refractivity contribution in [3.63, 3.8) is 0 Å². The Morgan fingerprint density at radius 2 is 2.00 bits per heavy atom. The van der Waals surface area contributed by atoms with E-state index in [0.717, 1.165) is 11.1 Å². The summed E-state index contributed by atoms with van der Waals surface area (Å²) in [5.41, 5.74) is 1.65. The van der Waals surface area contributed by atoms with Crippen LogP contribution in [0.4, 0.5) is 0 Å². The third-order valence-electron chi connectivity index (χ3n) is 3.18. The molecule has 116 valence electrons. The van der Waals surface area contributed by atoms with Gasteiger partial charge in [0.05, 0.1) is 6.10 Å². The largest absolute Gasteiger partial charge is 0.484 e. The number of hydrogen-bond acceptors (Lipinski definition) is 3. The Bertz CT molecular complexity index is 631. The van der Waals surface area contributed by atoms with Crippen molar-refractivity contribution in [2.75, 3.05) is 13.2 Å². The van der Waals surface area contributed by atoms with E-state index in [1.54, 1.807) is 18.2 Å². The Balaban J connectivity index is 1.77. The monoisotopic (exact) mass is 319 g/mol. The summed E-state index contributed by atoms with van der Waals surface area (Å²) in [7, 11) is 0. The molecule has 2 aromatic carbocycles. The Hall–Kier alpha value is -2.04. The van der Waals surface area contributed by atoms with Gasteiger partial charge in [0.1, 0.15) is 5.75 Å². The average Bonchev–Trinajstić information content (AvgIpc) is 2.54. The molecule has 5 heteroatoms. The Labute approximate surface area is 134 Å². The van der Waals surface area contributed by atoms with Crippen LogP contribution in [0.15, 0.2) is 48.5 Å². The molecule has 0 aliphatic rings. The first kappa shape index (κ1) is 16.3. The molecule has 1 atom stereocenters. The second-order valence-corrected chi connectivity index (χ2v) is 5.34. The minimum absolute atomic E-state index is 0.109. The van der Waals surface area contributed by atoms with Crippen molar-refractivity contribution in [2.45, 2.75) is 13.0 Å². The number of halogens is 1. The minimum atomic E-state index is -0.733. The summed E-state index contributed by atoms with van der Waals surface area (Å²) in [5.74, 6) is 0.295. The highest BCUT2D eigenvalue weighted by atomic mass is 35.5. The standard InChI is InChI=1S/C17H18ClNO3/c1-12-9-14(7-8-15(12)18)22-11-17(21)19-10-16(20)13-5-3-2-4-6-13/h2-9,16,20H,10-11H2,1H3,(H,19,21). The highest BCUT2D eigenvalue weighted by molar-refractivity contribution is 6.31. The predicted molar refractivity (Wildman–Crippen MR) is 86.1 cm³/mol. The number of carbonyl (C=O) groups excluding carboxylic acids is 1. The van der Waals surface area contributed by atoms with Gasteiger partial charge in [-0.3, -0.25) is 4.79 Å². The summed E-state index contributed by atoms with van der Waals surface area (Å²) in [4.78, 5) is 11.7. The molecule has 1 amide bonds. The van der Waals surface area contributed by atoms with Gasteiger partial charge < -0.3 is 15.2 Å². The number of rotatable bonds is 6. The molecule has 0 aliphatic carbocycles. The van der Waals surface area contributed by atoms with Gasteiger partial charge in [-0.05, 0) is 36.2 Å². The molecule has 22 heavy (non-hydrogen) atoms. The summed E-state index contributed by atoms with van der Waals surface area (Å²) >= 11 is 5.92. The molecule has 2 N–H and O–H groups in total. The van der Waals surface area contributed by atoms with Crippen molar-refractivity contribution in [3.8, 4) is 5.75 Å². The van der Waals surface area contributed by atoms with Crippen molar-refractivity contribution in [1.29, 1.82) is 0 Å². The normalized spacial score (nSPS) is 11.8. The van der Waals surface area contributed by atoms with Crippen LogP contribution in [-0.2, 0) is 4.79 Å². The molecule has 0 bridgehead atoms. The van der Waals surface area contributed by atoms with Gasteiger partial charge in [-0.15, -0.1) is 0 Å². The third kappa shape index (κ3) is 4.76. The van der Waals surface area contributed by atoms with Gasteiger partial charge in [-0.2, -0.15) is 0 Å². The summed E-state index contributed by atoms with van der Waals surface area (Å²) < 4.78 is 5.39. The van der Waals surface area contributed by atoms with E-state index in [-0.39, 0.29) is 19.1 Å². The maximum absolute atomic E-state index is 11.7. The second kappa shape index (κ2) is 7.82. The van der Waals surface area contributed by atoms with Crippen molar-refractivity contribution in [2.24, 2.45) is 0 Å². The van der Waals surface area contributed by atoms with Gasteiger partial charge in [0.2, 0.25) is 0 Å². The summed E-state index contributed by atoms with van der Waals surface area (Å²) in [5, 5.41) is 13.2. The zero-order valence-corrected chi connectivity index (χ0v) is 13.0. The average molecular weight is 320 g/mol. The fourth-order valence-electron chi connectivity index (χ4n) is 1.91. The molecule has 0 saturated carbocycles. The van der Waals surface area contributed by atoms with Crippen molar-refractivity contribution in [1.82, 2.24) is 5.32 Å². The highest BCUT2D eigenvalue weighted by Crippen LogP contribution is 2.20. The van der Waals surface area contributed by atoms with Gasteiger partial charge in [0.25, 0.3) is 5.91 Å². The lowest BCUT2D eigenvalue weighted by atomic mass is 10.1. The predicted octanol–water partition coefficient (Wildman–Crippen LogP) is 2.88. The smallest absolute Gasteiger partial charge is 0.258 e. The Morgan fingerprint density at radius 1 is 1.27 bits per heavy atom. The van der Waals surface area contributed by atoms with Crippen LogP contribution in [0.1, 0.15) is 17.2 Å². The lowest BCUT2D eigenvalue weighted by Crippen LogP contribution is -2.32. The number of benzene rings is 2. The van der Waals surface area contributed by atoms with Crippen LogP contribution in [0, 0.1) is 6.92 Å². The molecule has 0 spiro atoms. The Morgan fingerprint density at radius 3 is 2.68 bits per heavy atom. The van der Waals surface area contributed by atoms with E-state index >= 15 is 0 Å². The molecule has 0 radical (unpaired) electrons. The lowest BCUT2D eigenvalue weighted by molar-refractivity contribution is -0.123. The first-order valence-corrected chi connectivity index (χ1v) is 7.32.